The minimum absolute atomic E-state index is 0.649. The van der Waals surface area contributed by atoms with Crippen molar-refractivity contribution in [2.45, 2.75) is 0 Å². The topological polar surface area (TPSA) is 32.5 Å². The Balaban J connectivity index is 0.951. The minimum atomic E-state index is 0.649. The maximum Gasteiger partial charge on any atom is 0.227 e. The largest absolute Gasteiger partial charge is 0.438 e. The Labute approximate surface area is 319 Å². The molecule has 4 heteroatoms. The fourth-order valence-corrected chi connectivity index (χ4v) is 7.53. The number of pyridine rings is 1. The third-order valence-electron chi connectivity index (χ3n) is 10.2. The Kier molecular flexibility index (Phi) is 8.12. The van der Waals surface area contributed by atoms with Gasteiger partial charge < -0.3 is 14.2 Å². The van der Waals surface area contributed by atoms with Crippen molar-refractivity contribution in [2.75, 3.05) is 9.80 Å². The monoisotopic (exact) mass is 705 g/mol. The average molecular weight is 706 g/mol. The van der Waals surface area contributed by atoms with Gasteiger partial charge in [-0.3, -0.25) is 0 Å². The van der Waals surface area contributed by atoms with Crippen LogP contribution in [-0.4, -0.2) is 4.98 Å². The van der Waals surface area contributed by atoms with E-state index in [1.807, 2.05) is 24.3 Å². The van der Waals surface area contributed by atoms with Crippen molar-refractivity contribution in [2.24, 2.45) is 0 Å². The van der Waals surface area contributed by atoms with Crippen LogP contribution in [0.15, 0.2) is 217 Å². The first-order chi connectivity index (χ1) is 27.2. The van der Waals surface area contributed by atoms with Gasteiger partial charge in [-0.1, -0.05) is 109 Å². The van der Waals surface area contributed by atoms with Gasteiger partial charge >= 0.3 is 0 Å². The maximum absolute atomic E-state index is 6.40. The summed E-state index contributed by atoms with van der Waals surface area (Å²) in [5.41, 5.74) is 13.6. The van der Waals surface area contributed by atoms with Gasteiger partial charge in [-0.15, -0.1) is 0 Å². The molecule has 2 aromatic heterocycles. The molecule has 0 fully saturated rings. The lowest BCUT2D eigenvalue weighted by atomic mass is 10.0. The van der Waals surface area contributed by atoms with E-state index in [-0.39, 0.29) is 0 Å². The Morgan fingerprint density at radius 3 is 1.20 bits per heavy atom. The van der Waals surface area contributed by atoms with Gasteiger partial charge in [0.05, 0.1) is 5.52 Å². The number of fused-ring (bicyclic) bond motifs is 4. The second-order valence-electron chi connectivity index (χ2n) is 13.7. The Morgan fingerprint density at radius 1 is 0.327 bits per heavy atom. The fraction of sp³-hybridized carbons (Fsp3) is 0. The quantitative estimate of drug-likeness (QED) is 0.158. The molecule has 0 bridgehead atoms. The van der Waals surface area contributed by atoms with Crippen LogP contribution in [0.4, 0.5) is 34.1 Å². The number of aromatic nitrogens is 1. The number of anilines is 6. The normalized spacial score (nSPS) is 11.3. The van der Waals surface area contributed by atoms with Crippen molar-refractivity contribution in [3.8, 4) is 22.3 Å². The summed E-state index contributed by atoms with van der Waals surface area (Å²) in [7, 11) is 0. The first kappa shape index (κ1) is 32.2. The van der Waals surface area contributed by atoms with Crippen molar-refractivity contribution in [3.05, 3.63) is 212 Å². The Hall–Kier alpha value is -7.43. The number of hydrogen-bond donors (Lipinski definition) is 0. The van der Waals surface area contributed by atoms with Crippen LogP contribution in [0, 0.1) is 0 Å². The molecule has 0 aliphatic carbocycles. The van der Waals surface area contributed by atoms with E-state index in [0.717, 1.165) is 83.6 Å². The molecular formula is C51H35N3O. The summed E-state index contributed by atoms with van der Waals surface area (Å²) in [6, 6.07) is 74.5. The highest BCUT2D eigenvalue weighted by Gasteiger charge is 2.16. The minimum Gasteiger partial charge on any atom is -0.438 e. The molecule has 55 heavy (non-hydrogen) atoms. The van der Waals surface area contributed by atoms with Crippen molar-refractivity contribution in [3.63, 3.8) is 0 Å². The summed E-state index contributed by atoms with van der Waals surface area (Å²) in [5, 5.41) is 3.15. The first-order valence-electron chi connectivity index (χ1n) is 18.5. The molecule has 260 valence electrons. The molecular weight excluding hydrogens is 671 g/mol. The third-order valence-corrected chi connectivity index (χ3v) is 10.2. The van der Waals surface area contributed by atoms with Crippen LogP contribution in [0.5, 0.6) is 0 Å². The van der Waals surface area contributed by atoms with E-state index in [2.05, 4.69) is 198 Å². The number of para-hydroxylation sites is 4. The molecule has 0 aliphatic heterocycles. The summed E-state index contributed by atoms with van der Waals surface area (Å²) in [6.07, 6.45) is 0. The van der Waals surface area contributed by atoms with Gasteiger partial charge in [-0.25, -0.2) is 4.98 Å². The maximum atomic E-state index is 6.40. The molecule has 0 unspecified atom stereocenters. The van der Waals surface area contributed by atoms with Crippen LogP contribution in [0.3, 0.4) is 0 Å². The van der Waals surface area contributed by atoms with Gasteiger partial charge in [-0.05, 0) is 125 Å². The summed E-state index contributed by atoms with van der Waals surface area (Å²) < 4.78 is 6.40. The van der Waals surface area contributed by atoms with Gasteiger partial charge in [0.15, 0.2) is 0 Å². The lowest BCUT2D eigenvalue weighted by molar-refractivity contribution is 0.656. The summed E-state index contributed by atoms with van der Waals surface area (Å²) in [6.45, 7) is 0. The molecule has 8 aromatic carbocycles. The SMILES string of the molecule is c1ccc(N(c2ccccc2)c2ccc(-c3ccc4nc5oc6cc(-c7ccc(N(c8ccccc8)c8ccccc8)cc7)ccc6c5cc4c3)cc2)cc1. The van der Waals surface area contributed by atoms with Crippen LogP contribution in [0.25, 0.3) is 55.2 Å². The lowest BCUT2D eigenvalue weighted by Gasteiger charge is -2.25. The third kappa shape index (κ3) is 6.16. The molecule has 0 spiro atoms. The molecule has 0 saturated carbocycles. The van der Waals surface area contributed by atoms with Gasteiger partial charge in [-0.2, -0.15) is 0 Å². The molecule has 4 nitrogen and oxygen atoms in total. The van der Waals surface area contributed by atoms with E-state index >= 15 is 0 Å². The van der Waals surface area contributed by atoms with Gasteiger partial charge in [0, 0.05) is 50.3 Å². The van der Waals surface area contributed by atoms with Crippen LogP contribution < -0.4 is 9.80 Å². The number of nitrogens with zero attached hydrogens (tertiary/aromatic N) is 3. The highest BCUT2D eigenvalue weighted by atomic mass is 16.3. The predicted octanol–water partition coefficient (Wildman–Crippen LogP) is 14.4. The van der Waals surface area contributed by atoms with E-state index in [1.165, 1.54) is 0 Å². The fourth-order valence-electron chi connectivity index (χ4n) is 7.53. The molecule has 0 radical (unpaired) electrons. The van der Waals surface area contributed by atoms with Crippen molar-refractivity contribution in [1.82, 2.24) is 4.98 Å². The van der Waals surface area contributed by atoms with Crippen molar-refractivity contribution in [1.29, 1.82) is 0 Å². The number of hydrogen-bond acceptors (Lipinski definition) is 4. The molecule has 2 heterocycles. The first-order valence-corrected chi connectivity index (χ1v) is 18.5. The zero-order valence-corrected chi connectivity index (χ0v) is 30.0. The Bertz CT molecular complexity index is 2810. The highest BCUT2D eigenvalue weighted by Crippen LogP contribution is 2.39. The second kappa shape index (κ2) is 13.8. The molecule has 0 N–H and O–H groups in total. The zero-order chi connectivity index (χ0) is 36.6. The molecule has 0 amide bonds. The second-order valence-corrected chi connectivity index (χ2v) is 13.7. The van der Waals surface area contributed by atoms with E-state index in [1.54, 1.807) is 0 Å². The highest BCUT2D eigenvalue weighted by molar-refractivity contribution is 6.08. The van der Waals surface area contributed by atoms with E-state index < -0.39 is 0 Å². The van der Waals surface area contributed by atoms with Crippen LogP contribution in [0.1, 0.15) is 0 Å². The van der Waals surface area contributed by atoms with Crippen LogP contribution in [-0.2, 0) is 0 Å². The lowest BCUT2D eigenvalue weighted by Crippen LogP contribution is -2.09. The van der Waals surface area contributed by atoms with Crippen molar-refractivity contribution >= 4 is 67.1 Å². The van der Waals surface area contributed by atoms with E-state index in [4.69, 9.17) is 9.40 Å². The van der Waals surface area contributed by atoms with Gasteiger partial charge in [0.2, 0.25) is 5.71 Å². The number of rotatable bonds is 8. The van der Waals surface area contributed by atoms with E-state index in [9.17, 15) is 0 Å². The standard InChI is InChI=1S/C51H35N3O/c1-5-13-41(14-6-1)53(42-15-7-2-8-16-42)45-27-21-36(22-28-45)38-26-32-49-40(33-38)34-48-47-31-25-39(35-50(47)55-51(48)52-49)37-23-29-46(30-24-37)54(43-17-9-3-10-18-43)44-19-11-4-12-20-44/h1-35H. The van der Waals surface area contributed by atoms with Gasteiger partial charge in [0.25, 0.3) is 0 Å². The number of furan rings is 1. The Morgan fingerprint density at radius 2 is 0.727 bits per heavy atom. The predicted molar refractivity (Wildman–Crippen MR) is 229 cm³/mol. The van der Waals surface area contributed by atoms with Crippen molar-refractivity contribution < 1.29 is 4.42 Å². The summed E-state index contributed by atoms with van der Waals surface area (Å²) in [5.74, 6) is 0. The van der Waals surface area contributed by atoms with Gasteiger partial charge in [0.1, 0.15) is 5.58 Å². The molecule has 10 rings (SSSR count). The molecule has 0 atom stereocenters. The average Bonchev–Trinajstić information content (AvgIpc) is 3.61. The van der Waals surface area contributed by atoms with E-state index in [0.29, 0.717) is 5.71 Å². The zero-order valence-electron chi connectivity index (χ0n) is 30.0. The number of benzene rings is 8. The van der Waals surface area contributed by atoms with Crippen LogP contribution in [0.2, 0.25) is 0 Å². The smallest absolute Gasteiger partial charge is 0.227 e. The summed E-state index contributed by atoms with van der Waals surface area (Å²) >= 11 is 0. The summed E-state index contributed by atoms with van der Waals surface area (Å²) in [4.78, 5) is 9.52. The van der Waals surface area contributed by atoms with Crippen LogP contribution >= 0.6 is 0 Å². The molecule has 0 saturated heterocycles. The molecule has 10 aromatic rings. The molecule has 0 aliphatic rings.